The summed E-state index contributed by atoms with van der Waals surface area (Å²) in [5.41, 5.74) is 5.36. The minimum absolute atomic E-state index is 0.178. The minimum Gasteiger partial charge on any atom is -0.473 e. The van der Waals surface area contributed by atoms with E-state index in [-0.39, 0.29) is 18.1 Å². The lowest BCUT2D eigenvalue weighted by Gasteiger charge is -2.33. The van der Waals surface area contributed by atoms with Gasteiger partial charge in [-0.3, -0.25) is 9.69 Å². The molecule has 8 nitrogen and oxygen atoms in total. The zero-order valence-electron chi connectivity index (χ0n) is 11.7. The van der Waals surface area contributed by atoms with E-state index in [0.717, 1.165) is 25.7 Å². The number of amides is 1. The Kier molecular flexibility index (Phi) is 7.78. The molecule has 0 saturated heterocycles. The maximum absolute atomic E-state index is 11.2. The number of hydrogen-bond acceptors (Lipinski definition) is 5. The number of aliphatic hydroxyl groups is 1. The number of hydrogen-bond donors (Lipinski definition) is 4. The van der Waals surface area contributed by atoms with Crippen LogP contribution in [0.1, 0.15) is 25.7 Å². The lowest BCUT2D eigenvalue weighted by atomic mass is 9.82. The van der Waals surface area contributed by atoms with Gasteiger partial charge in [0, 0.05) is 0 Å². The average molecular weight is 290 g/mol. The molecular weight excluding hydrogens is 268 g/mol. The molecule has 1 aliphatic carbocycles. The number of aliphatic carboxylic acids is 2. The predicted octanol–water partition coefficient (Wildman–Crippen LogP) is -0.891. The smallest absolute Gasteiger partial charge is 0.414 e. The summed E-state index contributed by atoms with van der Waals surface area (Å²) in [5.74, 6) is -3.59. The summed E-state index contributed by atoms with van der Waals surface area (Å²) in [7, 11) is 3.75. The van der Waals surface area contributed by atoms with Crippen LogP contribution >= 0.6 is 0 Å². The Morgan fingerprint density at radius 3 is 1.70 bits per heavy atom. The Bertz CT molecular complexity index is 338. The normalized spacial score (nSPS) is 23.4. The molecule has 1 fully saturated rings. The van der Waals surface area contributed by atoms with Crippen molar-refractivity contribution in [2.75, 3.05) is 14.1 Å². The zero-order valence-corrected chi connectivity index (χ0v) is 11.7. The number of rotatable bonds is 3. The minimum atomic E-state index is -1.82. The number of likely N-dealkylation sites (N-methyl/N-ethyl adjacent to an activating group) is 1. The highest BCUT2D eigenvalue weighted by Crippen LogP contribution is 2.28. The molecule has 0 aromatic carbocycles. The summed E-state index contributed by atoms with van der Waals surface area (Å²) < 4.78 is 0. The van der Waals surface area contributed by atoms with Crippen molar-refractivity contribution < 1.29 is 29.7 Å². The number of nitrogens with two attached hydrogens (primary N) is 1. The van der Waals surface area contributed by atoms with Crippen LogP contribution in [0.3, 0.4) is 0 Å². The van der Waals surface area contributed by atoms with Crippen molar-refractivity contribution in [2.45, 2.75) is 37.8 Å². The summed E-state index contributed by atoms with van der Waals surface area (Å²) in [5, 5.41) is 24.1. The highest BCUT2D eigenvalue weighted by Gasteiger charge is 2.31. The maximum Gasteiger partial charge on any atom is 0.414 e. The van der Waals surface area contributed by atoms with Crippen LogP contribution in [0.15, 0.2) is 0 Å². The fourth-order valence-electron chi connectivity index (χ4n) is 2.33. The van der Waals surface area contributed by atoms with Gasteiger partial charge in [0.2, 0.25) is 5.91 Å². The van der Waals surface area contributed by atoms with Crippen molar-refractivity contribution in [3.8, 4) is 0 Å². The summed E-state index contributed by atoms with van der Waals surface area (Å²) >= 11 is 0. The second-order valence-electron chi connectivity index (χ2n) is 4.99. The number of carboxylic acid groups (broad SMARTS) is 2. The monoisotopic (exact) mass is 290 g/mol. The third-order valence-electron chi connectivity index (χ3n) is 3.22. The molecule has 0 heterocycles. The lowest BCUT2D eigenvalue weighted by molar-refractivity contribution is -0.159. The lowest BCUT2D eigenvalue weighted by Crippen LogP contribution is -2.47. The van der Waals surface area contributed by atoms with E-state index < -0.39 is 11.9 Å². The zero-order chi connectivity index (χ0) is 15.9. The fraction of sp³-hybridized carbons (Fsp3) is 0.750. The largest absolute Gasteiger partial charge is 0.473 e. The third-order valence-corrected chi connectivity index (χ3v) is 3.22. The van der Waals surface area contributed by atoms with E-state index in [2.05, 4.69) is 0 Å². The summed E-state index contributed by atoms with van der Waals surface area (Å²) in [6.07, 6.45) is 3.20. The SMILES string of the molecule is CN(C)C(C(N)=O)C1CCC(O)CC1.O=C(O)C(=O)O. The number of carboxylic acids is 2. The maximum atomic E-state index is 11.2. The van der Waals surface area contributed by atoms with Gasteiger partial charge in [-0.2, -0.15) is 0 Å². The van der Waals surface area contributed by atoms with E-state index in [9.17, 15) is 9.90 Å². The number of carbonyl (C=O) groups excluding carboxylic acids is 1. The van der Waals surface area contributed by atoms with Crippen LogP contribution in [-0.2, 0) is 14.4 Å². The quantitative estimate of drug-likeness (QED) is 0.494. The van der Waals surface area contributed by atoms with E-state index in [1.54, 1.807) is 0 Å². The van der Waals surface area contributed by atoms with Crippen LogP contribution in [0.25, 0.3) is 0 Å². The first-order valence-corrected chi connectivity index (χ1v) is 6.26. The first-order valence-electron chi connectivity index (χ1n) is 6.26. The molecule has 20 heavy (non-hydrogen) atoms. The van der Waals surface area contributed by atoms with Crippen LogP contribution in [0, 0.1) is 5.92 Å². The molecule has 0 spiro atoms. The van der Waals surface area contributed by atoms with Crippen molar-refractivity contribution in [1.82, 2.24) is 4.90 Å². The van der Waals surface area contributed by atoms with Gasteiger partial charge in [0.25, 0.3) is 0 Å². The standard InChI is InChI=1S/C10H20N2O2.C2H2O4/c1-12(2)9(10(11)14)7-3-5-8(13)6-4-7;3-1(4)2(5)6/h7-9,13H,3-6H2,1-2H3,(H2,11,14);(H,3,4)(H,5,6). The van der Waals surface area contributed by atoms with E-state index in [0.29, 0.717) is 5.92 Å². The molecule has 5 N–H and O–H groups in total. The molecule has 0 aliphatic heterocycles. The molecule has 1 saturated carbocycles. The van der Waals surface area contributed by atoms with Crippen molar-refractivity contribution in [3.05, 3.63) is 0 Å². The molecule has 116 valence electrons. The predicted molar refractivity (Wildman–Crippen MR) is 69.9 cm³/mol. The Balaban J connectivity index is 0.000000511. The van der Waals surface area contributed by atoms with Gasteiger partial charge in [-0.25, -0.2) is 9.59 Å². The Morgan fingerprint density at radius 2 is 1.45 bits per heavy atom. The first-order chi connectivity index (χ1) is 9.16. The van der Waals surface area contributed by atoms with Gasteiger partial charge >= 0.3 is 11.9 Å². The van der Waals surface area contributed by atoms with Crippen LogP contribution in [0.4, 0.5) is 0 Å². The first kappa shape index (κ1) is 18.3. The Hall–Kier alpha value is -1.67. The van der Waals surface area contributed by atoms with E-state index in [1.807, 2.05) is 19.0 Å². The van der Waals surface area contributed by atoms with Gasteiger partial charge < -0.3 is 21.1 Å². The second-order valence-corrected chi connectivity index (χ2v) is 4.99. The molecule has 0 radical (unpaired) electrons. The molecular formula is C12H22N2O6. The molecule has 1 atom stereocenters. The third kappa shape index (κ3) is 6.48. The van der Waals surface area contributed by atoms with Gasteiger partial charge in [-0.15, -0.1) is 0 Å². The van der Waals surface area contributed by atoms with E-state index in [1.165, 1.54) is 0 Å². The molecule has 1 rings (SSSR count). The van der Waals surface area contributed by atoms with Crippen LogP contribution in [0.5, 0.6) is 0 Å². The van der Waals surface area contributed by atoms with E-state index >= 15 is 0 Å². The molecule has 1 aliphatic rings. The van der Waals surface area contributed by atoms with Gasteiger partial charge in [0.05, 0.1) is 12.1 Å². The molecule has 8 heteroatoms. The van der Waals surface area contributed by atoms with Gasteiger partial charge in [-0.05, 0) is 45.7 Å². The summed E-state index contributed by atoms with van der Waals surface area (Å²) in [6.45, 7) is 0. The van der Waals surface area contributed by atoms with Crippen LogP contribution in [0.2, 0.25) is 0 Å². The number of primary amides is 1. The van der Waals surface area contributed by atoms with Crippen molar-refractivity contribution in [1.29, 1.82) is 0 Å². The molecule has 1 unspecified atom stereocenters. The van der Waals surface area contributed by atoms with Gasteiger partial charge in [-0.1, -0.05) is 0 Å². The van der Waals surface area contributed by atoms with Crippen LogP contribution in [-0.4, -0.2) is 64.3 Å². The molecule has 0 aromatic heterocycles. The molecule has 0 bridgehead atoms. The average Bonchev–Trinajstić information content (AvgIpc) is 2.31. The van der Waals surface area contributed by atoms with Crippen molar-refractivity contribution in [3.63, 3.8) is 0 Å². The van der Waals surface area contributed by atoms with Gasteiger partial charge in [0.15, 0.2) is 0 Å². The van der Waals surface area contributed by atoms with Gasteiger partial charge in [0.1, 0.15) is 0 Å². The van der Waals surface area contributed by atoms with E-state index in [4.69, 9.17) is 25.5 Å². The molecule has 1 amide bonds. The highest BCUT2D eigenvalue weighted by atomic mass is 16.4. The summed E-state index contributed by atoms with van der Waals surface area (Å²) in [4.78, 5) is 31.3. The number of nitrogens with zero attached hydrogens (tertiary/aromatic N) is 1. The Morgan fingerprint density at radius 1 is 1.05 bits per heavy atom. The highest BCUT2D eigenvalue weighted by molar-refractivity contribution is 6.27. The summed E-state index contributed by atoms with van der Waals surface area (Å²) in [6, 6.07) is -0.178. The Labute approximate surface area is 117 Å². The fourth-order valence-corrected chi connectivity index (χ4v) is 2.33. The number of aliphatic hydroxyl groups excluding tert-OH is 1. The van der Waals surface area contributed by atoms with Crippen molar-refractivity contribution >= 4 is 17.8 Å². The second kappa shape index (κ2) is 8.49. The van der Waals surface area contributed by atoms with Crippen LogP contribution < -0.4 is 5.73 Å². The molecule has 0 aromatic rings. The van der Waals surface area contributed by atoms with Crippen molar-refractivity contribution in [2.24, 2.45) is 11.7 Å². The topological polar surface area (TPSA) is 141 Å². The number of carbonyl (C=O) groups is 3.